The van der Waals surface area contributed by atoms with Crippen LogP contribution in [0.1, 0.15) is 31.9 Å². The van der Waals surface area contributed by atoms with E-state index in [1.807, 2.05) is 57.7 Å². The van der Waals surface area contributed by atoms with Gasteiger partial charge in [-0.3, -0.25) is 4.79 Å². The number of hydrogen-bond acceptors (Lipinski definition) is 4. The molecule has 0 N–H and O–H groups in total. The summed E-state index contributed by atoms with van der Waals surface area (Å²) in [4.78, 5) is 18.8. The van der Waals surface area contributed by atoms with E-state index in [1.165, 1.54) is 11.8 Å². The van der Waals surface area contributed by atoms with E-state index in [0.29, 0.717) is 5.17 Å². The maximum Gasteiger partial charge on any atom is 0.253 e. The fraction of sp³-hybridized carbons (Fsp3) is 0.556. The van der Waals surface area contributed by atoms with Gasteiger partial charge >= 0.3 is 0 Å². The molecule has 7 heteroatoms. The number of benzene rings is 1. The minimum Gasteiger partial charge on any atom is -0.315 e. The van der Waals surface area contributed by atoms with E-state index in [4.69, 9.17) is 0 Å². The molecular formula is C18H24N2O3S2. The van der Waals surface area contributed by atoms with Gasteiger partial charge in [0.15, 0.2) is 15.0 Å². The molecule has 25 heavy (non-hydrogen) atoms. The third-order valence-electron chi connectivity index (χ3n) is 4.74. The maximum absolute atomic E-state index is 12.5. The molecule has 2 atom stereocenters. The van der Waals surface area contributed by atoms with E-state index in [9.17, 15) is 13.2 Å². The monoisotopic (exact) mass is 380 g/mol. The molecule has 2 saturated heterocycles. The van der Waals surface area contributed by atoms with Crippen LogP contribution in [-0.2, 0) is 14.6 Å². The van der Waals surface area contributed by atoms with Gasteiger partial charge in [-0.25, -0.2) is 8.42 Å². The Morgan fingerprint density at radius 2 is 1.92 bits per heavy atom. The lowest BCUT2D eigenvalue weighted by molar-refractivity contribution is -0.124. The highest BCUT2D eigenvalue weighted by atomic mass is 32.2. The van der Waals surface area contributed by atoms with Crippen molar-refractivity contribution in [2.75, 3.05) is 16.4 Å². The van der Waals surface area contributed by atoms with Crippen molar-refractivity contribution in [2.24, 2.45) is 10.4 Å². The second-order valence-corrected chi connectivity index (χ2v) is 11.2. The highest BCUT2D eigenvalue weighted by molar-refractivity contribution is 8.16. The Bertz CT molecular complexity index is 854. The zero-order chi connectivity index (χ0) is 18.6. The molecule has 0 aromatic heterocycles. The van der Waals surface area contributed by atoms with Crippen LogP contribution in [0.2, 0.25) is 0 Å². The first-order chi connectivity index (χ1) is 11.5. The predicted molar refractivity (Wildman–Crippen MR) is 104 cm³/mol. The first kappa shape index (κ1) is 18.5. The van der Waals surface area contributed by atoms with Gasteiger partial charge in [-0.05, 0) is 31.0 Å². The average Bonchev–Trinajstić information content (AvgIpc) is 2.92. The van der Waals surface area contributed by atoms with Gasteiger partial charge in [-0.2, -0.15) is 4.99 Å². The molecule has 2 aliphatic rings. The van der Waals surface area contributed by atoms with Crippen LogP contribution in [0.25, 0.3) is 0 Å². The Labute approximate surface area is 153 Å². The Hall–Kier alpha value is -1.34. The third-order valence-corrected chi connectivity index (χ3v) is 7.95. The summed E-state index contributed by atoms with van der Waals surface area (Å²) in [5, 5.41) is 0.551. The number of carbonyl (C=O) groups excluding carboxylic acids is 1. The zero-order valence-corrected chi connectivity index (χ0v) is 16.9. The molecule has 0 spiro atoms. The molecule has 0 bridgehead atoms. The van der Waals surface area contributed by atoms with Crippen molar-refractivity contribution in [3.8, 4) is 0 Å². The maximum atomic E-state index is 12.5. The molecule has 3 rings (SSSR count). The Morgan fingerprint density at radius 1 is 1.24 bits per heavy atom. The van der Waals surface area contributed by atoms with Crippen LogP contribution in [0, 0.1) is 19.3 Å². The second kappa shape index (κ2) is 6.13. The molecule has 1 amide bonds. The molecule has 0 saturated carbocycles. The number of hydrogen-bond donors (Lipinski definition) is 0. The van der Waals surface area contributed by atoms with E-state index in [2.05, 4.69) is 4.99 Å². The summed E-state index contributed by atoms with van der Waals surface area (Å²) in [6.07, 6.45) is 0. The van der Waals surface area contributed by atoms with E-state index < -0.39 is 15.3 Å². The summed E-state index contributed by atoms with van der Waals surface area (Å²) in [5.41, 5.74) is 2.60. The first-order valence-electron chi connectivity index (χ1n) is 8.35. The number of amidine groups is 1. The molecule has 2 fully saturated rings. The van der Waals surface area contributed by atoms with E-state index in [1.54, 1.807) is 0 Å². The minimum absolute atomic E-state index is 0.0727. The van der Waals surface area contributed by atoms with Gasteiger partial charge in [0.05, 0.1) is 17.5 Å². The van der Waals surface area contributed by atoms with Crippen molar-refractivity contribution in [1.82, 2.24) is 0 Å². The number of amides is 1. The van der Waals surface area contributed by atoms with Crippen molar-refractivity contribution in [3.63, 3.8) is 0 Å². The van der Waals surface area contributed by atoms with Gasteiger partial charge in [0.1, 0.15) is 0 Å². The highest BCUT2D eigenvalue weighted by Crippen LogP contribution is 2.42. The number of carbonyl (C=O) groups is 1. The van der Waals surface area contributed by atoms with Crippen LogP contribution in [0.3, 0.4) is 0 Å². The Kier molecular flexibility index (Phi) is 4.52. The largest absolute Gasteiger partial charge is 0.315 e. The number of nitrogens with zero attached hydrogens (tertiary/aromatic N) is 2. The lowest BCUT2D eigenvalue weighted by atomic mass is 9.96. The van der Waals surface area contributed by atoms with E-state index in [-0.39, 0.29) is 28.7 Å². The fourth-order valence-electron chi connectivity index (χ4n) is 3.10. The third kappa shape index (κ3) is 3.49. The summed E-state index contributed by atoms with van der Waals surface area (Å²) < 4.78 is 24.2. The Balaban J connectivity index is 2.09. The molecule has 0 aliphatic carbocycles. The number of fused-ring (bicyclic) bond motifs is 1. The molecule has 2 aliphatic heterocycles. The SMILES string of the molecule is Cc1cccc(N2C(=NC(=O)C(C)(C)C)S[C@@H]3CS(=O)(=O)C[C@H]32)c1C. The molecule has 1 aromatic carbocycles. The Morgan fingerprint density at radius 3 is 2.56 bits per heavy atom. The van der Waals surface area contributed by atoms with E-state index in [0.717, 1.165) is 16.8 Å². The quantitative estimate of drug-likeness (QED) is 0.749. The summed E-state index contributed by atoms with van der Waals surface area (Å²) >= 11 is 1.42. The summed E-state index contributed by atoms with van der Waals surface area (Å²) in [6.45, 7) is 9.57. The number of anilines is 1. The molecule has 0 radical (unpaired) electrons. The smallest absolute Gasteiger partial charge is 0.253 e. The van der Waals surface area contributed by atoms with Crippen molar-refractivity contribution in [1.29, 1.82) is 0 Å². The van der Waals surface area contributed by atoms with Gasteiger partial charge in [0.2, 0.25) is 0 Å². The zero-order valence-electron chi connectivity index (χ0n) is 15.2. The van der Waals surface area contributed by atoms with E-state index >= 15 is 0 Å². The molecule has 136 valence electrons. The van der Waals surface area contributed by atoms with Gasteiger partial charge in [0, 0.05) is 16.4 Å². The number of rotatable bonds is 1. The van der Waals surface area contributed by atoms with Crippen molar-refractivity contribution < 1.29 is 13.2 Å². The van der Waals surface area contributed by atoms with Crippen LogP contribution in [0.15, 0.2) is 23.2 Å². The standard InChI is InChI=1S/C18H24N2O3S2/c1-11-7-6-8-13(12(11)2)20-14-9-25(22,23)10-15(14)24-17(20)19-16(21)18(3,4)5/h6-8,14-15H,9-10H2,1-5H3/t14-,15-/m1/s1. The highest BCUT2D eigenvalue weighted by Gasteiger charge is 2.49. The fourth-order valence-corrected chi connectivity index (χ4v) is 7.00. The van der Waals surface area contributed by atoms with Crippen LogP contribution in [0.4, 0.5) is 5.69 Å². The van der Waals surface area contributed by atoms with Gasteiger partial charge < -0.3 is 4.90 Å². The number of thioether (sulfide) groups is 1. The molecule has 0 unspecified atom stereocenters. The molecule has 2 heterocycles. The van der Waals surface area contributed by atoms with Crippen LogP contribution in [-0.4, -0.2) is 42.3 Å². The van der Waals surface area contributed by atoms with Crippen molar-refractivity contribution in [3.05, 3.63) is 29.3 Å². The lowest BCUT2D eigenvalue weighted by Crippen LogP contribution is -2.38. The topological polar surface area (TPSA) is 66.8 Å². The second-order valence-electron chi connectivity index (χ2n) is 7.84. The molecule has 1 aromatic rings. The average molecular weight is 381 g/mol. The number of aryl methyl sites for hydroxylation is 1. The van der Waals surface area contributed by atoms with Crippen molar-refractivity contribution in [2.45, 2.75) is 45.9 Å². The van der Waals surface area contributed by atoms with Crippen LogP contribution < -0.4 is 4.90 Å². The lowest BCUT2D eigenvalue weighted by Gasteiger charge is -2.27. The predicted octanol–water partition coefficient (Wildman–Crippen LogP) is 2.95. The first-order valence-corrected chi connectivity index (χ1v) is 11.1. The summed E-state index contributed by atoms with van der Waals surface area (Å²) in [5.74, 6) is 0.0702. The molecular weight excluding hydrogens is 356 g/mol. The summed E-state index contributed by atoms with van der Waals surface area (Å²) in [6, 6.07) is 5.81. The number of sulfone groups is 1. The normalized spacial score (nSPS) is 26.9. The van der Waals surface area contributed by atoms with Crippen LogP contribution in [0.5, 0.6) is 0 Å². The molecule has 5 nitrogen and oxygen atoms in total. The summed E-state index contributed by atoms with van der Waals surface area (Å²) in [7, 11) is -3.05. The number of aliphatic imine (C=N–C) groups is 1. The van der Waals surface area contributed by atoms with Crippen molar-refractivity contribution >= 4 is 38.4 Å². The van der Waals surface area contributed by atoms with Gasteiger partial charge in [-0.15, -0.1) is 0 Å². The minimum atomic E-state index is -3.05. The van der Waals surface area contributed by atoms with Gasteiger partial charge in [-0.1, -0.05) is 44.7 Å². The van der Waals surface area contributed by atoms with Crippen LogP contribution >= 0.6 is 11.8 Å². The van der Waals surface area contributed by atoms with Gasteiger partial charge in [0.25, 0.3) is 5.91 Å².